The zero-order valence-electron chi connectivity index (χ0n) is 16.8. The van der Waals surface area contributed by atoms with Gasteiger partial charge >= 0.3 is 0 Å². The van der Waals surface area contributed by atoms with Gasteiger partial charge in [0.2, 0.25) is 0 Å². The van der Waals surface area contributed by atoms with Crippen LogP contribution in [-0.2, 0) is 6.54 Å². The van der Waals surface area contributed by atoms with E-state index in [1.165, 1.54) is 11.1 Å². The monoisotopic (exact) mass is 368 g/mol. The lowest BCUT2D eigenvalue weighted by atomic mass is 10.1. The van der Waals surface area contributed by atoms with Crippen molar-refractivity contribution in [2.75, 3.05) is 53.4 Å². The minimum atomic E-state index is 0.325. The third kappa shape index (κ3) is 5.76. The summed E-state index contributed by atoms with van der Waals surface area (Å²) in [4.78, 5) is 11.3. The van der Waals surface area contributed by atoms with Crippen LogP contribution in [0.2, 0.25) is 0 Å². The second-order valence-corrected chi connectivity index (χ2v) is 7.47. The highest BCUT2D eigenvalue weighted by molar-refractivity contribution is 5.33. The maximum absolute atomic E-state index is 6.16. The predicted octanol–water partition coefficient (Wildman–Crippen LogP) is 2.90. The van der Waals surface area contributed by atoms with Crippen LogP contribution in [0.3, 0.4) is 0 Å². The summed E-state index contributed by atoms with van der Waals surface area (Å²) in [6.07, 6.45) is 3.71. The Morgan fingerprint density at radius 1 is 1.07 bits per heavy atom. The maximum Gasteiger partial charge on any atom is 0.123 e. The van der Waals surface area contributed by atoms with Gasteiger partial charge in [0.15, 0.2) is 0 Å². The second-order valence-electron chi connectivity index (χ2n) is 7.47. The quantitative estimate of drug-likeness (QED) is 0.715. The molecule has 1 atom stereocenters. The highest BCUT2D eigenvalue weighted by Crippen LogP contribution is 2.24. The van der Waals surface area contributed by atoms with Crippen molar-refractivity contribution < 1.29 is 4.74 Å². The van der Waals surface area contributed by atoms with Crippen LogP contribution in [0.5, 0.6) is 5.75 Å². The van der Waals surface area contributed by atoms with E-state index in [2.05, 4.69) is 77.1 Å². The SMILES string of the molecule is C[C@@H](c1ccncc1)N(C)Cc1ccccc1OCCN1CCN(C)CC1. The van der Waals surface area contributed by atoms with E-state index in [0.29, 0.717) is 6.04 Å². The van der Waals surface area contributed by atoms with E-state index >= 15 is 0 Å². The topological polar surface area (TPSA) is 31.8 Å². The maximum atomic E-state index is 6.16. The molecule has 0 spiro atoms. The Balaban J connectivity index is 1.54. The Morgan fingerprint density at radius 2 is 1.78 bits per heavy atom. The first-order valence-corrected chi connectivity index (χ1v) is 9.85. The van der Waals surface area contributed by atoms with E-state index in [-0.39, 0.29) is 0 Å². The molecule has 1 fully saturated rings. The van der Waals surface area contributed by atoms with Gasteiger partial charge in [0.1, 0.15) is 12.4 Å². The van der Waals surface area contributed by atoms with Gasteiger partial charge in [0.05, 0.1) is 0 Å². The zero-order valence-corrected chi connectivity index (χ0v) is 16.8. The fraction of sp³-hybridized carbons (Fsp3) is 0.500. The Bertz CT molecular complexity index is 686. The number of rotatable bonds is 8. The van der Waals surface area contributed by atoms with Gasteiger partial charge in [-0.2, -0.15) is 0 Å². The van der Waals surface area contributed by atoms with Crippen LogP contribution in [0.1, 0.15) is 24.1 Å². The van der Waals surface area contributed by atoms with Gasteiger partial charge in [-0.25, -0.2) is 0 Å². The molecule has 2 heterocycles. The van der Waals surface area contributed by atoms with Gasteiger partial charge in [0.25, 0.3) is 0 Å². The Kier molecular flexibility index (Phi) is 7.21. The zero-order chi connectivity index (χ0) is 19.1. The normalized spacial score (nSPS) is 17.2. The van der Waals surface area contributed by atoms with E-state index in [1.54, 1.807) is 0 Å². The number of para-hydroxylation sites is 1. The van der Waals surface area contributed by atoms with Crippen molar-refractivity contribution in [1.82, 2.24) is 19.7 Å². The van der Waals surface area contributed by atoms with Crippen LogP contribution in [0.4, 0.5) is 0 Å². The molecular weight excluding hydrogens is 336 g/mol. The molecule has 0 N–H and O–H groups in total. The number of benzene rings is 1. The molecule has 0 aliphatic carbocycles. The summed E-state index contributed by atoms with van der Waals surface area (Å²) >= 11 is 0. The average Bonchev–Trinajstić information content (AvgIpc) is 2.71. The number of pyridine rings is 1. The molecule has 0 bridgehead atoms. The molecule has 0 amide bonds. The van der Waals surface area contributed by atoms with Crippen molar-refractivity contribution in [3.8, 4) is 5.75 Å². The van der Waals surface area contributed by atoms with Gasteiger partial charge in [-0.15, -0.1) is 0 Å². The molecule has 146 valence electrons. The molecule has 5 nitrogen and oxygen atoms in total. The van der Waals surface area contributed by atoms with Gasteiger partial charge in [-0.3, -0.25) is 14.8 Å². The number of hydrogen-bond acceptors (Lipinski definition) is 5. The van der Waals surface area contributed by atoms with Crippen LogP contribution in [-0.4, -0.2) is 73.1 Å². The lowest BCUT2D eigenvalue weighted by Gasteiger charge is -2.32. The molecule has 1 saturated heterocycles. The van der Waals surface area contributed by atoms with Crippen molar-refractivity contribution in [2.45, 2.75) is 19.5 Å². The molecule has 1 aromatic heterocycles. The van der Waals surface area contributed by atoms with E-state index in [9.17, 15) is 0 Å². The van der Waals surface area contributed by atoms with E-state index in [4.69, 9.17) is 4.74 Å². The number of nitrogens with zero attached hydrogens (tertiary/aromatic N) is 4. The molecule has 0 unspecified atom stereocenters. The van der Waals surface area contributed by atoms with Crippen LogP contribution in [0.15, 0.2) is 48.8 Å². The summed E-state index contributed by atoms with van der Waals surface area (Å²) in [5, 5.41) is 0. The fourth-order valence-corrected chi connectivity index (χ4v) is 3.43. The number of aromatic nitrogens is 1. The molecular formula is C22H32N4O. The molecule has 1 aromatic carbocycles. The van der Waals surface area contributed by atoms with E-state index < -0.39 is 0 Å². The molecule has 0 radical (unpaired) electrons. The van der Waals surface area contributed by atoms with Crippen LogP contribution in [0, 0.1) is 0 Å². The molecule has 1 aliphatic rings. The summed E-state index contributed by atoms with van der Waals surface area (Å²) in [5.41, 5.74) is 2.51. The van der Waals surface area contributed by atoms with Gasteiger partial charge in [-0.1, -0.05) is 18.2 Å². The lowest BCUT2D eigenvalue weighted by molar-refractivity contribution is 0.133. The van der Waals surface area contributed by atoms with E-state index in [1.807, 2.05) is 12.4 Å². The Hall–Kier alpha value is -1.95. The van der Waals surface area contributed by atoms with Gasteiger partial charge < -0.3 is 9.64 Å². The van der Waals surface area contributed by atoms with Gasteiger partial charge in [0, 0.05) is 63.3 Å². The first-order valence-electron chi connectivity index (χ1n) is 9.85. The predicted molar refractivity (Wildman–Crippen MR) is 110 cm³/mol. The van der Waals surface area contributed by atoms with Crippen molar-refractivity contribution in [3.63, 3.8) is 0 Å². The molecule has 0 saturated carbocycles. The molecule has 1 aliphatic heterocycles. The Labute approximate surface area is 163 Å². The number of piperazine rings is 1. The standard InChI is InChI=1S/C22H32N4O/c1-19(20-8-10-23-11-9-20)25(3)18-21-6-4-5-7-22(21)27-17-16-26-14-12-24(2)13-15-26/h4-11,19H,12-18H2,1-3H3/t19-/m0/s1. The number of ether oxygens (including phenoxy) is 1. The highest BCUT2D eigenvalue weighted by atomic mass is 16.5. The van der Waals surface area contributed by atoms with Crippen molar-refractivity contribution >= 4 is 0 Å². The third-order valence-corrected chi connectivity index (χ3v) is 5.50. The largest absolute Gasteiger partial charge is 0.492 e. The molecule has 3 rings (SSSR count). The van der Waals surface area contributed by atoms with Crippen LogP contribution in [0.25, 0.3) is 0 Å². The lowest BCUT2D eigenvalue weighted by Crippen LogP contribution is -2.45. The fourth-order valence-electron chi connectivity index (χ4n) is 3.43. The average molecular weight is 369 g/mol. The number of likely N-dealkylation sites (N-methyl/N-ethyl adjacent to an activating group) is 1. The van der Waals surface area contributed by atoms with Crippen molar-refractivity contribution in [1.29, 1.82) is 0 Å². The highest BCUT2D eigenvalue weighted by Gasteiger charge is 2.15. The van der Waals surface area contributed by atoms with Crippen molar-refractivity contribution in [3.05, 3.63) is 59.9 Å². The first kappa shape index (κ1) is 19.8. The van der Waals surface area contributed by atoms with Crippen LogP contribution >= 0.6 is 0 Å². The van der Waals surface area contributed by atoms with Crippen molar-refractivity contribution in [2.24, 2.45) is 0 Å². The summed E-state index contributed by atoms with van der Waals surface area (Å²) in [5.74, 6) is 1.00. The molecule has 27 heavy (non-hydrogen) atoms. The minimum Gasteiger partial charge on any atom is -0.492 e. The first-order chi connectivity index (χ1) is 13.1. The Morgan fingerprint density at radius 3 is 2.52 bits per heavy atom. The van der Waals surface area contributed by atoms with Gasteiger partial charge in [-0.05, 0) is 44.8 Å². The number of hydrogen-bond donors (Lipinski definition) is 0. The molecule has 5 heteroatoms. The summed E-state index contributed by atoms with van der Waals surface area (Å²) in [6.45, 7) is 9.38. The van der Waals surface area contributed by atoms with Crippen LogP contribution < -0.4 is 4.74 Å². The third-order valence-electron chi connectivity index (χ3n) is 5.50. The smallest absolute Gasteiger partial charge is 0.123 e. The summed E-state index contributed by atoms with van der Waals surface area (Å²) in [6, 6.07) is 12.9. The summed E-state index contributed by atoms with van der Waals surface area (Å²) in [7, 11) is 4.35. The second kappa shape index (κ2) is 9.83. The minimum absolute atomic E-state index is 0.325. The van der Waals surface area contributed by atoms with E-state index in [0.717, 1.165) is 51.6 Å². The molecule has 2 aromatic rings. The summed E-state index contributed by atoms with van der Waals surface area (Å²) < 4.78 is 6.16.